The summed E-state index contributed by atoms with van der Waals surface area (Å²) >= 11 is 0. The van der Waals surface area contributed by atoms with E-state index < -0.39 is 5.60 Å². The van der Waals surface area contributed by atoms with Gasteiger partial charge in [0.15, 0.2) is 11.3 Å². The van der Waals surface area contributed by atoms with Crippen molar-refractivity contribution in [3.63, 3.8) is 0 Å². The van der Waals surface area contributed by atoms with Gasteiger partial charge < -0.3 is 19.6 Å². The summed E-state index contributed by atoms with van der Waals surface area (Å²) in [5.41, 5.74) is 0.260. The van der Waals surface area contributed by atoms with Gasteiger partial charge in [-0.2, -0.15) is 0 Å². The monoisotopic (exact) mass is 275 g/mol. The fourth-order valence-electron chi connectivity index (χ4n) is 2.97. The summed E-state index contributed by atoms with van der Waals surface area (Å²) < 4.78 is 11.1. The average Bonchev–Trinajstić information content (AvgIpc) is 3.04. The Hall–Kier alpha value is -1.52. The number of hydrogen-bond donors (Lipinski definition) is 2. The summed E-state index contributed by atoms with van der Waals surface area (Å²) in [6.07, 6.45) is 4.04. The quantitative estimate of drug-likeness (QED) is 0.881. The van der Waals surface area contributed by atoms with E-state index in [1.54, 1.807) is 7.11 Å². The first-order valence-electron chi connectivity index (χ1n) is 7.19. The maximum Gasteiger partial charge on any atom is 0.176 e. The van der Waals surface area contributed by atoms with Crippen LogP contribution in [-0.2, 0) is 6.54 Å². The van der Waals surface area contributed by atoms with Gasteiger partial charge in [0.05, 0.1) is 19.3 Å². The fourth-order valence-corrected chi connectivity index (χ4v) is 2.97. The second kappa shape index (κ2) is 5.46. The van der Waals surface area contributed by atoms with Crippen LogP contribution in [0, 0.1) is 0 Å². The van der Waals surface area contributed by atoms with Crippen LogP contribution in [0.1, 0.15) is 31.4 Å². The van der Waals surface area contributed by atoms with Crippen molar-refractivity contribution < 1.29 is 14.3 Å². The highest BCUT2D eigenvalue weighted by atomic mass is 16.5. The van der Waals surface area contributed by atoms with E-state index in [0.29, 0.717) is 13.1 Å². The van der Waals surface area contributed by atoms with Crippen molar-refractivity contribution >= 4 is 11.0 Å². The molecule has 0 aliphatic heterocycles. The van der Waals surface area contributed by atoms with E-state index >= 15 is 0 Å². The Balaban J connectivity index is 1.66. The van der Waals surface area contributed by atoms with Crippen molar-refractivity contribution in [3.8, 4) is 5.75 Å². The van der Waals surface area contributed by atoms with E-state index in [9.17, 15) is 5.11 Å². The number of para-hydroxylation sites is 1. The number of benzene rings is 1. The molecular weight excluding hydrogens is 254 g/mol. The lowest BCUT2D eigenvalue weighted by Gasteiger charge is -2.21. The van der Waals surface area contributed by atoms with Crippen molar-refractivity contribution in [2.45, 2.75) is 37.8 Å². The zero-order valence-electron chi connectivity index (χ0n) is 11.8. The van der Waals surface area contributed by atoms with Gasteiger partial charge >= 0.3 is 0 Å². The Labute approximate surface area is 118 Å². The first-order chi connectivity index (χ1) is 9.70. The summed E-state index contributed by atoms with van der Waals surface area (Å²) in [5, 5.41) is 14.6. The Kier molecular flexibility index (Phi) is 3.68. The van der Waals surface area contributed by atoms with Gasteiger partial charge in [0, 0.05) is 11.9 Å². The molecule has 1 heterocycles. The maximum atomic E-state index is 10.3. The summed E-state index contributed by atoms with van der Waals surface area (Å²) in [4.78, 5) is 0. The van der Waals surface area contributed by atoms with Crippen LogP contribution < -0.4 is 10.1 Å². The van der Waals surface area contributed by atoms with Crippen LogP contribution in [0.5, 0.6) is 5.75 Å². The second-order valence-electron chi connectivity index (χ2n) is 5.63. The zero-order chi connectivity index (χ0) is 14.0. The third kappa shape index (κ3) is 2.67. The predicted octanol–water partition coefficient (Wildman–Crippen LogP) is 2.84. The van der Waals surface area contributed by atoms with Crippen LogP contribution in [0.2, 0.25) is 0 Å². The highest BCUT2D eigenvalue weighted by Gasteiger charge is 2.30. The number of aliphatic hydroxyl groups is 1. The molecule has 1 fully saturated rings. The zero-order valence-corrected chi connectivity index (χ0v) is 11.8. The van der Waals surface area contributed by atoms with Crippen molar-refractivity contribution in [3.05, 3.63) is 30.0 Å². The van der Waals surface area contributed by atoms with E-state index in [1.165, 1.54) is 0 Å². The van der Waals surface area contributed by atoms with Crippen LogP contribution in [-0.4, -0.2) is 24.4 Å². The minimum Gasteiger partial charge on any atom is -0.493 e. The molecule has 4 heteroatoms. The lowest BCUT2D eigenvalue weighted by molar-refractivity contribution is 0.0471. The van der Waals surface area contributed by atoms with Crippen molar-refractivity contribution in [2.75, 3.05) is 13.7 Å². The molecule has 1 aliphatic carbocycles. The van der Waals surface area contributed by atoms with Gasteiger partial charge in [-0.3, -0.25) is 0 Å². The standard InChI is InChI=1S/C16H21NO3/c1-19-14-6-4-5-12-9-13(20-15(12)14)10-17-11-16(18)7-2-3-8-16/h4-6,9,17-18H,2-3,7-8,10-11H2,1H3. The molecule has 4 nitrogen and oxygen atoms in total. The molecule has 0 radical (unpaired) electrons. The Morgan fingerprint density at radius 1 is 1.35 bits per heavy atom. The van der Waals surface area contributed by atoms with Gasteiger partial charge in [-0.25, -0.2) is 0 Å². The molecule has 108 valence electrons. The number of ether oxygens (including phenoxy) is 1. The number of hydrogen-bond acceptors (Lipinski definition) is 4. The molecule has 1 aromatic carbocycles. The molecule has 0 atom stereocenters. The molecule has 1 aliphatic rings. The molecule has 20 heavy (non-hydrogen) atoms. The topological polar surface area (TPSA) is 54.6 Å². The fraction of sp³-hybridized carbons (Fsp3) is 0.500. The van der Waals surface area contributed by atoms with Crippen LogP contribution in [0.15, 0.2) is 28.7 Å². The predicted molar refractivity (Wildman–Crippen MR) is 77.9 cm³/mol. The summed E-state index contributed by atoms with van der Waals surface area (Å²) in [5.74, 6) is 1.62. The second-order valence-corrected chi connectivity index (χ2v) is 5.63. The molecule has 2 aromatic rings. The van der Waals surface area contributed by atoms with Gasteiger partial charge in [-0.1, -0.05) is 25.0 Å². The van der Waals surface area contributed by atoms with Crippen LogP contribution >= 0.6 is 0 Å². The molecule has 2 N–H and O–H groups in total. The van der Waals surface area contributed by atoms with Gasteiger partial charge in [-0.15, -0.1) is 0 Å². The third-order valence-corrected chi connectivity index (χ3v) is 4.07. The van der Waals surface area contributed by atoms with E-state index in [0.717, 1.165) is 48.2 Å². The van der Waals surface area contributed by atoms with Crippen molar-refractivity contribution in [2.24, 2.45) is 0 Å². The van der Waals surface area contributed by atoms with E-state index in [4.69, 9.17) is 9.15 Å². The largest absolute Gasteiger partial charge is 0.493 e. The number of nitrogens with one attached hydrogen (secondary N) is 1. The third-order valence-electron chi connectivity index (χ3n) is 4.07. The van der Waals surface area contributed by atoms with Gasteiger partial charge in [0.25, 0.3) is 0 Å². The summed E-state index contributed by atoms with van der Waals surface area (Å²) in [7, 11) is 1.64. The summed E-state index contributed by atoms with van der Waals surface area (Å²) in [6, 6.07) is 7.87. The van der Waals surface area contributed by atoms with Crippen LogP contribution in [0.4, 0.5) is 0 Å². The first-order valence-corrected chi connectivity index (χ1v) is 7.19. The Morgan fingerprint density at radius 2 is 2.15 bits per heavy atom. The number of furan rings is 1. The van der Waals surface area contributed by atoms with Gasteiger partial charge in [0.2, 0.25) is 0 Å². The van der Waals surface area contributed by atoms with E-state index in [-0.39, 0.29) is 0 Å². The van der Waals surface area contributed by atoms with E-state index in [2.05, 4.69) is 5.32 Å². The smallest absolute Gasteiger partial charge is 0.176 e. The minimum absolute atomic E-state index is 0.524. The van der Waals surface area contributed by atoms with Gasteiger partial charge in [-0.05, 0) is 25.0 Å². The number of rotatable bonds is 5. The first kappa shape index (κ1) is 13.5. The SMILES string of the molecule is COc1cccc2cc(CNCC3(O)CCCC3)oc12. The lowest BCUT2D eigenvalue weighted by Crippen LogP contribution is -2.37. The molecule has 0 saturated heterocycles. The Bertz CT molecular complexity index is 584. The van der Waals surface area contributed by atoms with Crippen molar-refractivity contribution in [1.82, 2.24) is 5.32 Å². The molecule has 0 amide bonds. The molecular formula is C16H21NO3. The molecule has 0 spiro atoms. The summed E-state index contributed by atoms with van der Waals surface area (Å²) in [6.45, 7) is 1.25. The molecule has 0 bridgehead atoms. The van der Waals surface area contributed by atoms with Gasteiger partial charge in [0.1, 0.15) is 5.76 Å². The number of fused-ring (bicyclic) bond motifs is 1. The number of methoxy groups -OCH3 is 1. The van der Waals surface area contributed by atoms with Crippen molar-refractivity contribution in [1.29, 1.82) is 0 Å². The van der Waals surface area contributed by atoms with Crippen LogP contribution in [0.25, 0.3) is 11.0 Å². The van der Waals surface area contributed by atoms with E-state index in [1.807, 2.05) is 24.3 Å². The molecule has 1 aromatic heterocycles. The minimum atomic E-state index is -0.524. The maximum absolute atomic E-state index is 10.3. The Morgan fingerprint density at radius 3 is 2.90 bits per heavy atom. The molecule has 1 saturated carbocycles. The molecule has 0 unspecified atom stereocenters. The lowest BCUT2D eigenvalue weighted by atomic mass is 10.0. The molecule has 3 rings (SSSR count). The average molecular weight is 275 g/mol. The normalized spacial score (nSPS) is 17.7. The highest BCUT2D eigenvalue weighted by molar-refractivity contribution is 5.83. The highest BCUT2D eigenvalue weighted by Crippen LogP contribution is 2.30. The van der Waals surface area contributed by atoms with Crippen LogP contribution in [0.3, 0.4) is 0 Å².